The molecule has 3 N–H and O–H groups in total. The van der Waals surface area contributed by atoms with E-state index in [1.54, 1.807) is 0 Å². The van der Waals surface area contributed by atoms with Gasteiger partial charge in [0.15, 0.2) is 0 Å². The Labute approximate surface area is 116 Å². The highest BCUT2D eigenvalue weighted by Crippen LogP contribution is 2.21. The second-order valence-corrected chi connectivity index (χ2v) is 6.50. The van der Waals surface area contributed by atoms with Crippen molar-refractivity contribution in [3.05, 3.63) is 29.8 Å². The number of hydrogen-bond acceptors (Lipinski definition) is 2. The van der Waals surface area contributed by atoms with Crippen LogP contribution < -0.4 is 11.1 Å². The highest BCUT2D eigenvalue weighted by atomic mass is 16.1. The molecule has 0 radical (unpaired) electrons. The fraction of sp³-hybridized carbons (Fsp3) is 0.562. The summed E-state index contributed by atoms with van der Waals surface area (Å²) in [5, 5.41) is 2.89. The minimum absolute atomic E-state index is 0.0280. The molecule has 1 rings (SSSR count). The van der Waals surface area contributed by atoms with Crippen molar-refractivity contribution in [2.24, 2.45) is 11.1 Å². The van der Waals surface area contributed by atoms with Crippen LogP contribution in [0.5, 0.6) is 0 Å². The van der Waals surface area contributed by atoms with Crippen LogP contribution in [0.25, 0.3) is 0 Å². The molecule has 0 heterocycles. The Morgan fingerprint density at radius 2 is 1.74 bits per heavy atom. The first kappa shape index (κ1) is 15.7. The number of carbonyl (C=O) groups is 1. The van der Waals surface area contributed by atoms with Gasteiger partial charge in [0.1, 0.15) is 0 Å². The van der Waals surface area contributed by atoms with E-state index >= 15 is 0 Å². The van der Waals surface area contributed by atoms with E-state index in [4.69, 9.17) is 5.73 Å². The van der Waals surface area contributed by atoms with Crippen LogP contribution in [0.15, 0.2) is 24.3 Å². The van der Waals surface area contributed by atoms with Crippen LogP contribution in [0.1, 0.15) is 52.5 Å². The maximum Gasteiger partial charge on any atom is 0.225 e. The van der Waals surface area contributed by atoms with Gasteiger partial charge in [-0.2, -0.15) is 0 Å². The molecule has 0 fully saturated rings. The molecule has 0 saturated carbocycles. The standard InChI is InChI=1S/C16H26N2O/c1-11(2)12-6-8-13(9-7-12)18-15(19)10-14(17)16(3,4)5/h6-9,11,14H,10,17H2,1-5H3,(H,18,19). The number of carbonyl (C=O) groups excluding carboxylic acids is 1. The molecule has 1 atom stereocenters. The second-order valence-electron chi connectivity index (χ2n) is 6.50. The smallest absolute Gasteiger partial charge is 0.225 e. The monoisotopic (exact) mass is 262 g/mol. The van der Waals surface area contributed by atoms with Crippen LogP contribution in [-0.4, -0.2) is 11.9 Å². The number of nitrogens with one attached hydrogen (secondary N) is 1. The van der Waals surface area contributed by atoms with Crippen molar-refractivity contribution in [3.8, 4) is 0 Å². The van der Waals surface area contributed by atoms with Crippen molar-refractivity contribution in [2.75, 3.05) is 5.32 Å². The minimum atomic E-state index is -0.137. The predicted octanol–water partition coefficient (Wildman–Crippen LogP) is 3.51. The molecule has 1 aromatic carbocycles. The Kier molecular flexibility index (Phi) is 5.12. The van der Waals surface area contributed by atoms with Crippen LogP contribution in [0.3, 0.4) is 0 Å². The first-order valence-corrected chi connectivity index (χ1v) is 6.85. The summed E-state index contributed by atoms with van der Waals surface area (Å²) in [5.74, 6) is 0.471. The summed E-state index contributed by atoms with van der Waals surface area (Å²) >= 11 is 0. The Morgan fingerprint density at radius 3 is 2.16 bits per heavy atom. The molecule has 0 bridgehead atoms. The lowest BCUT2D eigenvalue weighted by molar-refractivity contribution is -0.117. The third-order valence-corrected chi connectivity index (χ3v) is 3.38. The number of amides is 1. The molecule has 0 aliphatic carbocycles. The van der Waals surface area contributed by atoms with Crippen molar-refractivity contribution < 1.29 is 4.79 Å². The molecule has 0 aliphatic heterocycles. The lowest BCUT2D eigenvalue weighted by atomic mass is 9.85. The van der Waals surface area contributed by atoms with Crippen LogP contribution in [0.2, 0.25) is 0 Å². The lowest BCUT2D eigenvalue weighted by Gasteiger charge is -2.26. The topological polar surface area (TPSA) is 55.1 Å². The van der Waals surface area contributed by atoms with Crippen molar-refractivity contribution in [2.45, 2.75) is 53.0 Å². The fourth-order valence-corrected chi connectivity index (χ4v) is 1.67. The fourth-order valence-electron chi connectivity index (χ4n) is 1.67. The average Bonchev–Trinajstić information content (AvgIpc) is 2.28. The molecule has 3 heteroatoms. The molecule has 0 aromatic heterocycles. The molecule has 106 valence electrons. The molecule has 19 heavy (non-hydrogen) atoms. The third-order valence-electron chi connectivity index (χ3n) is 3.38. The molecule has 0 saturated heterocycles. The van der Waals surface area contributed by atoms with E-state index in [1.807, 2.05) is 45.0 Å². The van der Waals surface area contributed by atoms with Gasteiger partial charge in [0.25, 0.3) is 0 Å². The zero-order valence-corrected chi connectivity index (χ0v) is 12.7. The number of nitrogens with two attached hydrogens (primary N) is 1. The van der Waals surface area contributed by atoms with Gasteiger partial charge in [0.2, 0.25) is 5.91 Å². The van der Waals surface area contributed by atoms with Crippen LogP contribution in [0, 0.1) is 5.41 Å². The quantitative estimate of drug-likeness (QED) is 0.872. The summed E-state index contributed by atoms with van der Waals surface area (Å²) in [7, 11) is 0. The molecule has 0 aliphatic rings. The largest absolute Gasteiger partial charge is 0.327 e. The van der Waals surface area contributed by atoms with E-state index < -0.39 is 0 Å². The normalized spacial score (nSPS) is 13.4. The summed E-state index contributed by atoms with van der Waals surface area (Å²) < 4.78 is 0. The first-order chi connectivity index (χ1) is 8.70. The molecule has 1 unspecified atom stereocenters. The van der Waals surface area contributed by atoms with Gasteiger partial charge >= 0.3 is 0 Å². The van der Waals surface area contributed by atoms with Gasteiger partial charge in [-0.1, -0.05) is 46.8 Å². The lowest BCUT2D eigenvalue weighted by Crippen LogP contribution is -2.38. The number of hydrogen-bond donors (Lipinski definition) is 2. The van der Waals surface area contributed by atoms with Crippen molar-refractivity contribution in [1.82, 2.24) is 0 Å². The number of benzene rings is 1. The Hall–Kier alpha value is -1.35. The van der Waals surface area contributed by atoms with Gasteiger partial charge < -0.3 is 11.1 Å². The van der Waals surface area contributed by atoms with Crippen LogP contribution >= 0.6 is 0 Å². The first-order valence-electron chi connectivity index (χ1n) is 6.85. The van der Waals surface area contributed by atoms with Crippen molar-refractivity contribution >= 4 is 11.6 Å². The number of anilines is 1. The summed E-state index contributed by atoms with van der Waals surface area (Å²) in [5.41, 5.74) is 8.05. The summed E-state index contributed by atoms with van der Waals surface area (Å²) in [4.78, 5) is 11.9. The highest BCUT2D eigenvalue weighted by molar-refractivity contribution is 5.91. The molecule has 1 amide bonds. The van der Waals surface area contributed by atoms with E-state index in [-0.39, 0.29) is 17.4 Å². The third kappa shape index (κ3) is 5.03. The van der Waals surface area contributed by atoms with Crippen LogP contribution in [0.4, 0.5) is 5.69 Å². The maximum absolute atomic E-state index is 11.9. The Bertz CT molecular complexity index is 415. The van der Waals surface area contributed by atoms with Gasteiger partial charge in [-0.25, -0.2) is 0 Å². The molecule has 3 nitrogen and oxygen atoms in total. The zero-order valence-electron chi connectivity index (χ0n) is 12.7. The summed E-state index contributed by atoms with van der Waals surface area (Å²) in [6.07, 6.45) is 0.343. The van der Waals surface area contributed by atoms with Gasteiger partial charge in [0, 0.05) is 18.2 Å². The van der Waals surface area contributed by atoms with Gasteiger partial charge in [-0.15, -0.1) is 0 Å². The SMILES string of the molecule is CC(C)c1ccc(NC(=O)CC(N)C(C)(C)C)cc1. The highest BCUT2D eigenvalue weighted by Gasteiger charge is 2.23. The van der Waals surface area contributed by atoms with Gasteiger partial charge in [-0.3, -0.25) is 4.79 Å². The van der Waals surface area contributed by atoms with E-state index in [9.17, 15) is 4.79 Å². The molecular formula is C16H26N2O. The summed E-state index contributed by atoms with van der Waals surface area (Å²) in [6, 6.07) is 7.84. The average molecular weight is 262 g/mol. The van der Waals surface area contributed by atoms with Gasteiger partial charge in [0.05, 0.1) is 0 Å². The second kappa shape index (κ2) is 6.20. The molecule has 1 aromatic rings. The molecule has 0 spiro atoms. The number of rotatable bonds is 4. The van der Waals surface area contributed by atoms with Crippen molar-refractivity contribution in [1.29, 1.82) is 0 Å². The van der Waals surface area contributed by atoms with Crippen LogP contribution in [-0.2, 0) is 4.79 Å². The van der Waals surface area contributed by atoms with Gasteiger partial charge in [-0.05, 0) is 29.0 Å². The summed E-state index contributed by atoms with van der Waals surface area (Å²) in [6.45, 7) is 10.4. The van der Waals surface area contributed by atoms with E-state index in [2.05, 4.69) is 19.2 Å². The van der Waals surface area contributed by atoms with E-state index in [1.165, 1.54) is 5.56 Å². The zero-order chi connectivity index (χ0) is 14.6. The Morgan fingerprint density at radius 1 is 1.21 bits per heavy atom. The molecular weight excluding hydrogens is 236 g/mol. The Balaban J connectivity index is 2.58. The van der Waals surface area contributed by atoms with E-state index in [0.717, 1.165) is 5.69 Å². The predicted molar refractivity (Wildman–Crippen MR) is 81.2 cm³/mol. The van der Waals surface area contributed by atoms with E-state index in [0.29, 0.717) is 12.3 Å². The maximum atomic E-state index is 11.9. The van der Waals surface area contributed by atoms with Crippen molar-refractivity contribution in [3.63, 3.8) is 0 Å². The minimum Gasteiger partial charge on any atom is -0.327 e.